The van der Waals surface area contributed by atoms with Crippen molar-refractivity contribution in [3.05, 3.63) is 59.4 Å². The highest BCUT2D eigenvalue weighted by Gasteiger charge is 2.52. The van der Waals surface area contributed by atoms with Crippen LogP contribution in [0.3, 0.4) is 0 Å². The van der Waals surface area contributed by atoms with Gasteiger partial charge in [-0.25, -0.2) is 4.39 Å². The number of benzene rings is 2. The predicted octanol–water partition coefficient (Wildman–Crippen LogP) is 6.11. The van der Waals surface area contributed by atoms with E-state index in [9.17, 15) is 4.39 Å². The first-order valence-electron chi connectivity index (χ1n) is 11.8. The average molecular weight is 424 g/mol. The van der Waals surface area contributed by atoms with Crippen molar-refractivity contribution in [3.8, 4) is 11.5 Å². The van der Waals surface area contributed by atoms with E-state index in [0.29, 0.717) is 18.1 Å². The Labute approximate surface area is 185 Å². The van der Waals surface area contributed by atoms with Crippen molar-refractivity contribution in [1.82, 2.24) is 5.32 Å². The van der Waals surface area contributed by atoms with E-state index >= 15 is 0 Å². The van der Waals surface area contributed by atoms with E-state index < -0.39 is 0 Å². The van der Waals surface area contributed by atoms with Crippen LogP contribution < -0.4 is 14.8 Å². The smallest absolute Gasteiger partial charge is 0.166 e. The number of halogens is 1. The predicted molar refractivity (Wildman–Crippen MR) is 121 cm³/mol. The van der Waals surface area contributed by atoms with Gasteiger partial charge in [-0.1, -0.05) is 24.3 Å². The van der Waals surface area contributed by atoms with E-state index in [1.54, 1.807) is 19.2 Å². The first kappa shape index (κ1) is 20.8. The molecule has 0 saturated heterocycles. The lowest BCUT2D eigenvalue weighted by atomic mass is 9.48. The highest BCUT2D eigenvalue weighted by Crippen LogP contribution is 2.61. The van der Waals surface area contributed by atoms with Crippen LogP contribution in [-0.2, 0) is 13.2 Å². The molecule has 4 fully saturated rings. The Balaban J connectivity index is 1.28. The molecule has 2 aromatic carbocycles. The van der Waals surface area contributed by atoms with E-state index in [1.807, 2.05) is 12.1 Å². The largest absolute Gasteiger partial charge is 0.493 e. The monoisotopic (exact) mass is 423 g/mol. The highest BCUT2D eigenvalue weighted by atomic mass is 19.1. The second-order valence-electron chi connectivity index (χ2n) is 10.2. The molecule has 166 valence electrons. The molecule has 31 heavy (non-hydrogen) atoms. The fraction of sp³-hybridized carbons (Fsp3) is 0.556. The first-order valence-corrected chi connectivity index (χ1v) is 11.8. The van der Waals surface area contributed by atoms with Crippen LogP contribution in [0.1, 0.15) is 56.6 Å². The van der Waals surface area contributed by atoms with Gasteiger partial charge < -0.3 is 14.8 Å². The molecule has 0 radical (unpaired) electrons. The fourth-order valence-electron chi connectivity index (χ4n) is 6.95. The Morgan fingerprint density at radius 1 is 1.00 bits per heavy atom. The zero-order valence-corrected chi connectivity index (χ0v) is 18.7. The molecule has 0 aliphatic heterocycles. The number of hydrogen-bond donors (Lipinski definition) is 1. The zero-order chi connectivity index (χ0) is 21.4. The van der Waals surface area contributed by atoms with Crippen molar-refractivity contribution >= 4 is 0 Å². The molecule has 4 heteroatoms. The van der Waals surface area contributed by atoms with Crippen LogP contribution in [0.5, 0.6) is 11.5 Å². The zero-order valence-electron chi connectivity index (χ0n) is 18.7. The third kappa shape index (κ3) is 4.19. The van der Waals surface area contributed by atoms with E-state index in [0.717, 1.165) is 46.9 Å². The Hall–Kier alpha value is -2.07. The standard InChI is InChI=1S/C27H34FNO2/c1-18(27-13-20-10-21(14-27)12-22(11-20)15-27)29-16-23-4-3-5-25(30-2)26(23)31-17-19-6-8-24(28)9-7-19/h3-9,18,20-22,29H,10-17H2,1-2H3. The maximum atomic E-state index is 13.2. The number of para-hydroxylation sites is 1. The third-order valence-electron chi connectivity index (χ3n) is 8.18. The molecule has 0 heterocycles. The average Bonchev–Trinajstić information content (AvgIpc) is 2.76. The molecule has 3 nitrogen and oxygen atoms in total. The van der Waals surface area contributed by atoms with Crippen LogP contribution in [0.2, 0.25) is 0 Å². The summed E-state index contributed by atoms with van der Waals surface area (Å²) in [4.78, 5) is 0. The van der Waals surface area contributed by atoms with Gasteiger partial charge in [-0.15, -0.1) is 0 Å². The number of hydrogen-bond acceptors (Lipinski definition) is 3. The minimum atomic E-state index is -0.232. The van der Waals surface area contributed by atoms with Crippen LogP contribution in [0.25, 0.3) is 0 Å². The van der Waals surface area contributed by atoms with E-state index in [2.05, 4.69) is 18.3 Å². The van der Waals surface area contributed by atoms with Crippen LogP contribution in [-0.4, -0.2) is 13.2 Å². The van der Waals surface area contributed by atoms with Gasteiger partial charge in [-0.2, -0.15) is 0 Å². The van der Waals surface area contributed by atoms with Crippen molar-refractivity contribution in [2.75, 3.05) is 7.11 Å². The second-order valence-corrected chi connectivity index (χ2v) is 10.2. The van der Waals surface area contributed by atoms with E-state index in [1.165, 1.54) is 50.7 Å². The van der Waals surface area contributed by atoms with Gasteiger partial charge in [0.1, 0.15) is 12.4 Å². The molecule has 0 amide bonds. The molecule has 1 atom stereocenters. The summed E-state index contributed by atoms with van der Waals surface area (Å²) in [5.41, 5.74) is 2.52. The lowest BCUT2D eigenvalue weighted by Gasteiger charge is -2.59. The van der Waals surface area contributed by atoms with Gasteiger partial charge in [-0.3, -0.25) is 0 Å². The number of ether oxygens (including phenoxy) is 2. The molecule has 4 aliphatic rings. The molecular formula is C27H34FNO2. The topological polar surface area (TPSA) is 30.5 Å². The number of nitrogens with one attached hydrogen (secondary N) is 1. The first-order chi connectivity index (χ1) is 15.0. The summed E-state index contributed by atoms with van der Waals surface area (Å²) in [5, 5.41) is 3.87. The maximum absolute atomic E-state index is 13.2. The minimum Gasteiger partial charge on any atom is -0.493 e. The quantitative estimate of drug-likeness (QED) is 0.556. The summed E-state index contributed by atoms with van der Waals surface area (Å²) >= 11 is 0. The molecule has 2 aromatic rings. The van der Waals surface area contributed by atoms with Crippen LogP contribution in [0, 0.1) is 29.0 Å². The van der Waals surface area contributed by atoms with Gasteiger partial charge in [-0.05, 0) is 92.4 Å². The molecule has 4 saturated carbocycles. The third-order valence-corrected chi connectivity index (χ3v) is 8.18. The lowest BCUT2D eigenvalue weighted by molar-refractivity contribution is -0.0706. The van der Waals surface area contributed by atoms with Crippen LogP contribution >= 0.6 is 0 Å². The number of rotatable bonds is 8. The summed E-state index contributed by atoms with van der Waals surface area (Å²) in [6.07, 6.45) is 8.63. The van der Waals surface area contributed by atoms with Crippen LogP contribution in [0.4, 0.5) is 4.39 Å². The van der Waals surface area contributed by atoms with Gasteiger partial charge in [0, 0.05) is 18.2 Å². The van der Waals surface area contributed by atoms with Crippen LogP contribution in [0.15, 0.2) is 42.5 Å². The van der Waals surface area contributed by atoms with Gasteiger partial charge in [0.2, 0.25) is 0 Å². The molecule has 1 N–H and O–H groups in total. The maximum Gasteiger partial charge on any atom is 0.166 e. The summed E-state index contributed by atoms with van der Waals surface area (Å²) in [6.45, 7) is 3.55. The Bertz CT molecular complexity index is 875. The molecule has 0 aromatic heterocycles. The van der Waals surface area contributed by atoms with Gasteiger partial charge in [0.15, 0.2) is 11.5 Å². The number of methoxy groups -OCH3 is 1. The molecule has 6 rings (SSSR count). The summed E-state index contributed by atoms with van der Waals surface area (Å²) < 4.78 is 25.0. The summed E-state index contributed by atoms with van der Waals surface area (Å²) in [6, 6.07) is 13.0. The summed E-state index contributed by atoms with van der Waals surface area (Å²) in [7, 11) is 1.68. The van der Waals surface area contributed by atoms with E-state index in [-0.39, 0.29) is 5.82 Å². The highest BCUT2D eigenvalue weighted by molar-refractivity contribution is 5.46. The van der Waals surface area contributed by atoms with Crippen molar-refractivity contribution < 1.29 is 13.9 Å². The van der Waals surface area contributed by atoms with Crippen molar-refractivity contribution in [3.63, 3.8) is 0 Å². The van der Waals surface area contributed by atoms with Crippen molar-refractivity contribution in [2.24, 2.45) is 23.2 Å². The lowest BCUT2D eigenvalue weighted by Crippen LogP contribution is -2.54. The second kappa shape index (κ2) is 8.46. The normalized spacial score (nSPS) is 29.7. The Morgan fingerprint density at radius 2 is 1.65 bits per heavy atom. The van der Waals surface area contributed by atoms with Gasteiger partial charge in [0.05, 0.1) is 7.11 Å². The molecule has 0 spiro atoms. The summed E-state index contributed by atoms with van der Waals surface area (Å²) in [5.74, 6) is 4.17. The fourth-order valence-corrected chi connectivity index (χ4v) is 6.95. The van der Waals surface area contributed by atoms with Crippen molar-refractivity contribution in [2.45, 2.75) is 64.6 Å². The van der Waals surface area contributed by atoms with Crippen molar-refractivity contribution in [1.29, 1.82) is 0 Å². The molecular weight excluding hydrogens is 389 g/mol. The molecule has 4 bridgehead atoms. The minimum absolute atomic E-state index is 0.232. The van der Waals surface area contributed by atoms with E-state index in [4.69, 9.17) is 9.47 Å². The SMILES string of the molecule is COc1cccc(CNC(C)C23CC4CC(CC(C4)C2)C3)c1OCc1ccc(F)cc1. The van der Waals surface area contributed by atoms with Gasteiger partial charge >= 0.3 is 0 Å². The van der Waals surface area contributed by atoms with Gasteiger partial charge in [0.25, 0.3) is 0 Å². The molecule has 1 unspecified atom stereocenters. The Kier molecular flexibility index (Phi) is 5.68. The molecule has 4 aliphatic carbocycles. The Morgan fingerprint density at radius 3 is 2.26 bits per heavy atom.